The van der Waals surface area contributed by atoms with Gasteiger partial charge in [-0.15, -0.1) is 0 Å². The number of nitrogens with one attached hydrogen (secondary N) is 3. The van der Waals surface area contributed by atoms with Crippen LogP contribution in [0.3, 0.4) is 0 Å². The van der Waals surface area contributed by atoms with E-state index in [2.05, 4.69) is 15.4 Å². The van der Waals surface area contributed by atoms with Gasteiger partial charge in [-0.1, -0.05) is 19.9 Å². The Morgan fingerprint density at radius 1 is 0.857 bits per heavy atom. The molecular weight excluding hydrogens is 470 g/mol. The van der Waals surface area contributed by atoms with Gasteiger partial charge in [0.1, 0.15) is 5.75 Å². The van der Waals surface area contributed by atoms with Gasteiger partial charge in [-0.25, -0.2) is 13.2 Å². The van der Waals surface area contributed by atoms with Crippen molar-refractivity contribution in [1.29, 1.82) is 0 Å². The fourth-order valence-corrected chi connectivity index (χ4v) is 3.99. The lowest BCUT2D eigenvalue weighted by atomic mass is 10.2. The molecule has 0 saturated carbocycles. The number of anilines is 3. The number of sulfonamides is 1. The average Bonchev–Trinajstić information content (AvgIpc) is 2.83. The Bertz CT molecular complexity index is 1270. The number of rotatable bonds is 9. The highest BCUT2D eigenvalue weighted by molar-refractivity contribution is 7.92. The second-order valence-electron chi connectivity index (χ2n) is 8.01. The third kappa shape index (κ3) is 7.47. The highest BCUT2D eigenvalue weighted by atomic mass is 32.2. The van der Waals surface area contributed by atoms with E-state index in [1.54, 1.807) is 48.5 Å². The summed E-state index contributed by atoms with van der Waals surface area (Å²) in [6.45, 7) is 4.16. The quantitative estimate of drug-likeness (QED) is 0.384. The number of ether oxygens (including phenoxy) is 2. The van der Waals surface area contributed by atoms with Crippen LogP contribution in [0.1, 0.15) is 24.2 Å². The Labute approximate surface area is 204 Å². The zero-order valence-electron chi connectivity index (χ0n) is 19.6. The molecule has 0 aliphatic rings. The lowest BCUT2D eigenvalue weighted by Gasteiger charge is -2.11. The van der Waals surface area contributed by atoms with Gasteiger partial charge < -0.3 is 14.8 Å². The monoisotopic (exact) mass is 497 g/mol. The first-order valence-corrected chi connectivity index (χ1v) is 12.3. The first kappa shape index (κ1) is 25.6. The summed E-state index contributed by atoms with van der Waals surface area (Å²) >= 11 is 0. The van der Waals surface area contributed by atoms with Crippen molar-refractivity contribution >= 4 is 39.1 Å². The van der Waals surface area contributed by atoms with Crippen molar-refractivity contribution in [3.63, 3.8) is 0 Å². The van der Waals surface area contributed by atoms with E-state index < -0.39 is 22.0 Å². The molecule has 0 bridgehead atoms. The van der Waals surface area contributed by atoms with Crippen LogP contribution in [0.2, 0.25) is 0 Å². The van der Waals surface area contributed by atoms with Crippen LogP contribution in [0.4, 0.5) is 21.9 Å². The summed E-state index contributed by atoms with van der Waals surface area (Å²) in [7, 11) is -2.31. The third-order valence-electron chi connectivity index (χ3n) is 4.68. The summed E-state index contributed by atoms with van der Waals surface area (Å²) < 4.78 is 37.9. The molecular formula is C25H27N3O6S. The molecule has 0 fully saturated rings. The maximum Gasteiger partial charge on any atom is 0.411 e. The minimum Gasteiger partial charge on any atom is -0.497 e. The topological polar surface area (TPSA) is 123 Å². The van der Waals surface area contributed by atoms with Crippen molar-refractivity contribution in [2.24, 2.45) is 5.92 Å². The van der Waals surface area contributed by atoms with Crippen LogP contribution in [0, 0.1) is 5.92 Å². The molecule has 2 amide bonds. The van der Waals surface area contributed by atoms with Crippen LogP contribution >= 0.6 is 0 Å². The highest BCUT2D eigenvalue weighted by Crippen LogP contribution is 2.21. The SMILES string of the molecule is COc1ccc(NS(=O)(=O)c2ccc(C(=O)Nc3cccc(NC(=O)OCC(C)C)c3)cc2)cc1. The van der Waals surface area contributed by atoms with Crippen molar-refractivity contribution in [3.8, 4) is 5.75 Å². The van der Waals surface area contributed by atoms with Gasteiger partial charge in [-0.2, -0.15) is 0 Å². The molecule has 0 aliphatic heterocycles. The summed E-state index contributed by atoms with van der Waals surface area (Å²) in [5.74, 6) is 0.387. The fraction of sp³-hybridized carbons (Fsp3) is 0.200. The molecule has 0 saturated heterocycles. The summed E-state index contributed by atoms with van der Waals surface area (Å²) in [5.41, 5.74) is 1.56. The molecule has 0 unspecified atom stereocenters. The molecule has 0 aromatic heterocycles. The Morgan fingerprint density at radius 3 is 2.09 bits per heavy atom. The van der Waals surface area contributed by atoms with Gasteiger partial charge in [0.05, 0.1) is 18.6 Å². The van der Waals surface area contributed by atoms with Gasteiger partial charge in [-0.3, -0.25) is 14.8 Å². The summed E-state index contributed by atoms with van der Waals surface area (Å²) in [6.07, 6.45) is -0.581. The van der Waals surface area contributed by atoms with Crippen molar-refractivity contribution in [2.45, 2.75) is 18.7 Å². The van der Waals surface area contributed by atoms with Gasteiger partial charge in [0, 0.05) is 22.6 Å². The molecule has 0 atom stereocenters. The number of amides is 2. The van der Waals surface area contributed by atoms with E-state index in [0.29, 0.717) is 29.4 Å². The number of methoxy groups -OCH3 is 1. The zero-order chi connectivity index (χ0) is 25.4. The molecule has 0 heterocycles. The number of benzene rings is 3. The maximum atomic E-state index is 12.6. The second-order valence-corrected chi connectivity index (χ2v) is 9.69. The minimum absolute atomic E-state index is 0.0102. The second kappa shape index (κ2) is 11.4. The molecule has 3 N–H and O–H groups in total. The summed E-state index contributed by atoms with van der Waals surface area (Å²) in [6, 6.07) is 18.6. The number of carbonyl (C=O) groups is 2. The van der Waals surface area contributed by atoms with Gasteiger partial charge in [0.2, 0.25) is 0 Å². The standard InChI is InChI=1S/C25H27N3O6S/c1-17(2)16-34-25(30)27-21-6-4-5-20(15-21)26-24(29)18-7-13-23(14-8-18)35(31,32)28-19-9-11-22(33-3)12-10-19/h4-15,17,28H,16H2,1-3H3,(H,26,29)(H,27,30). The summed E-state index contributed by atoms with van der Waals surface area (Å²) in [5, 5.41) is 5.33. The fourth-order valence-electron chi connectivity index (χ4n) is 2.93. The molecule has 0 aliphatic carbocycles. The average molecular weight is 498 g/mol. The zero-order valence-corrected chi connectivity index (χ0v) is 20.4. The lowest BCUT2D eigenvalue weighted by Crippen LogP contribution is -2.17. The van der Waals surface area contributed by atoms with E-state index in [9.17, 15) is 18.0 Å². The Morgan fingerprint density at radius 2 is 1.49 bits per heavy atom. The van der Waals surface area contributed by atoms with Crippen molar-refractivity contribution < 1.29 is 27.5 Å². The van der Waals surface area contributed by atoms with Crippen LogP contribution in [0.25, 0.3) is 0 Å². The van der Waals surface area contributed by atoms with Gasteiger partial charge in [-0.05, 0) is 72.6 Å². The van der Waals surface area contributed by atoms with E-state index in [0.717, 1.165) is 0 Å². The van der Waals surface area contributed by atoms with Crippen molar-refractivity contribution in [2.75, 3.05) is 29.1 Å². The van der Waals surface area contributed by atoms with Gasteiger partial charge in [0.25, 0.3) is 15.9 Å². The van der Waals surface area contributed by atoms with E-state index >= 15 is 0 Å². The first-order valence-electron chi connectivity index (χ1n) is 10.8. The third-order valence-corrected chi connectivity index (χ3v) is 6.08. The normalized spacial score (nSPS) is 11.0. The largest absolute Gasteiger partial charge is 0.497 e. The van der Waals surface area contributed by atoms with E-state index in [-0.39, 0.29) is 16.4 Å². The maximum absolute atomic E-state index is 12.6. The van der Waals surface area contributed by atoms with Crippen LogP contribution in [0.15, 0.2) is 77.7 Å². The van der Waals surface area contributed by atoms with Crippen molar-refractivity contribution in [1.82, 2.24) is 0 Å². The number of hydrogen-bond donors (Lipinski definition) is 3. The molecule has 10 heteroatoms. The van der Waals surface area contributed by atoms with Crippen LogP contribution in [-0.4, -0.2) is 34.1 Å². The molecule has 3 aromatic rings. The molecule has 35 heavy (non-hydrogen) atoms. The molecule has 0 radical (unpaired) electrons. The highest BCUT2D eigenvalue weighted by Gasteiger charge is 2.16. The Kier molecular flexibility index (Phi) is 8.32. The molecule has 3 rings (SSSR count). The predicted octanol–water partition coefficient (Wildman–Crippen LogP) is 4.95. The predicted molar refractivity (Wildman–Crippen MR) is 134 cm³/mol. The smallest absolute Gasteiger partial charge is 0.411 e. The van der Waals surface area contributed by atoms with E-state index in [1.807, 2.05) is 13.8 Å². The Balaban J connectivity index is 1.63. The van der Waals surface area contributed by atoms with E-state index in [4.69, 9.17) is 9.47 Å². The van der Waals surface area contributed by atoms with Crippen LogP contribution in [-0.2, 0) is 14.8 Å². The molecule has 0 spiro atoms. The van der Waals surface area contributed by atoms with Gasteiger partial charge >= 0.3 is 6.09 Å². The molecule has 184 valence electrons. The number of hydrogen-bond acceptors (Lipinski definition) is 6. The van der Waals surface area contributed by atoms with E-state index in [1.165, 1.54) is 31.4 Å². The molecule has 9 nitrogen and oxygen atoms in total. The molecule has 3 aromatic carbocycles. The van der Waals surface area contributed by atoms with Crippen molar-refractivity contribution in [3.05, 3.63) is 78.4 Å². The van der Waals surface area contributed by atoms with Crippen LogP contribution in [0.5, 0.6) is 5.75 Å². The number of carbonyl (C=O) groups excluding carboxylic acids is 2. The lowest BCUT2D eigenvalue weighted by molar-refractivity contribution is 0.102. The summed E-state index contributed by atoms with van der Waals surface area (Å²) in [4.78, 5) is 24.5. The Hall–Kier alpha value is -4.05. The van der Waals surface area contributed by atoms with Gasteiger partial charge in [0.15, 0.2) is 0 Å². The van der Waals surface area contributed by atoms with Crippen LogP contribution < -0.4 is 20.1 Å². The first-order chi connectivity index (χ1) is 16.7. The minimum atomic E-state index is -3.84.